The molecule has 0 saturated heterocycles. The van der Waals surface area contributed by atoms with Crippen molar-refractivity contribution < 1.29 is 9.53 Å². The first-order valence-electron chi connectivity index (χ1n) is 6.15. The molecule has 0 saturated carbocycles. The van der Waals surface area contributed by atoms with E-state index in [0.717, 1.165) is 11.4 Å². The molecule has 0 aliphatic carbocycles. The smallest absolute Gasteiger partial charge is 0.327 e. The number of aromatic nitrogens is 2. The number of rotatable bonds is 5. The molecule has 0 radical (unpaired) electrons. The van der Waals surface area contributed by atoms with Crippen LogP contribution in [0.5, 0.6) is 0 Å². The van der Waals surface area contributed by atoms with Gasteiger partial charge in [-0.3, -0.25) is 10.00 Å². The van der Waals surface area contributed by atoms with Crippen LogP contribution in [0.25, 0.3) is 0 Å². The van der Waals surface area contributed by atoms with E-state index in [1.54, 1.807) is 0 Å². The van der Waals surface area contributed by atoms with Crippen LogP contribution in [-0.2, 0) is 16.1 Å². The molecule has 0 fully saturated rings. The van der Waals surface area contributed by atoms with Gasteiger partial charge in [-0.25, -0.2) is 4.79 Å². The van der Waals surface area contributed by atoms with Crippen LogP contribution in [0.2, 0.25) is 0 Å². The lowest BCUT2D eigenvalue weighted by Crippen LogP contribution is -2.55. The van der Waals surface area contributed by atoms with Gasteiger partial charge in [0.1, 0.15) is 5.54 Å². The molecule has 0 spiro atoms. The van der Waals surface area contributed by atoms with E-state index in [9.17, 15) is 4.79 Å². The summed E-state index contributed by atoms with van der Waals surface area (Å²) in [6, 6.07) is 2.18. The Morgan fingerprint density at radius 2 is 2.17 bits per heavy atom. The SMILES string of the molecule is COC(=O)C(C)(Cn1nc(C)cc1C)NC(C)C. The van der Waals surface area contributed by atoms with Gasteiger partial charge in [0.2, 0.25) is 0 Å². The number of methoxy groups -OCH3 is 1. The number of hydrogen-bond acceptors (Lipinski definition) is 4. The largest absolute Gasteiger partial charge is 0.468 e. The van der Waals surface area contributed by atoms with Crippen LogP contribution in [0.3, 0.4) is 0 Å². The maximum atomic E-state index is 12.0. The van der Waals surface area contributed by atoms with Crippen LogP contribution >= 0.6 is 0 Å². The lowest BCUT2D eigenvalue weighted by atomic mass is 10.0. The summed E-state index contributed by atoms with van der Waals surface area (Å²) in [4.78, 5) is 12.0. The summed E-state index contributed by atoms with van der Waals surface area (Å²) in [5.41, 5.74) is 1.21. The minimum Gasteiger partial charge on any atom is -0.468 e. The Labute approximate surface area is 109 Å². The zero-order valence-corrected chi connectivity index (χ0v) is 12.1. The molecule has 1 aromatic heterocycles. The van der Waals surface area contributed by atoms with E-state index >= 15 is 0 Å². The number of nitrogens with one attached hydrogen (secondary N) is 1. The van der Waals surface area contributed by atoms with Crippen molar-refractivity contribution in [3.63, 3.8) is 0 Å². The third kappa shape index (κ3) is 3.32. The maximum Gasteiger partial charge on any atom is 0.327 e. The number of aryl methyl sites for hydroxylation is 2. The maximum absolute atomic E-state index is 12.0. The first-order valence-corrected chi connectivity index (χ1v) is 6.15. The van der Waals surface area contributed by atoms with Gasteiger partial charge in [0, 0.05) is 11.7 Å². The van der Waals surface area contributed by atoms with Gasteiger partial charge in [-0.15, -0.1) is 0 Å². The van der Waals surface area contributed by atoms with Crippen molar-refractivity contribution in [2.45, 2.75) is 52.7 Å². The molecule has 18 heavy (non-hydrogen) atoms. The molecule has 0 aliphatic heterocycles. The average Bonchev–Trinajstić information content (AvgIpc) is 2.54. The highest BCUT2D eigenvalue weighted by Gasteiger charge is 2.36. The summed E-state index contributed by atoms with van der Waals surface area (Å²) >= 11 is 0. The summed E-state index contributed by atoms with van der Waals surface area (Å²) in [6.07, 6.45) is 0. The molecule has 1 rings (SSSR count). The van der Waals surface area contributed by atoms with Crippen LogP contribution in [-0.4, -0.2) is 34.4 Å². The van der Waals surface area contributed by atoms with Crippen LogP contribution in [0.15, 0.2) is 6.07 Å². The van der Waals surface area contributed by atoms with Crippen molar-refractivity contribution in [2.75, 3.05) is 7.11 Å². The second kappa shape index (κ2) is 5.52. The molecule has 1 heterocycles. The molecule has 0 aliphatic rings. The molecule has 5 heteroatoms. The Bertz CT molecular complexity index is 426. The van der Waals surface area contributed by atoms with E-state index in [2.05, 4.69) is 10.4 Å². The van der Waals surface area contributed by atoms with Crippen LogP contribution in [0.1, 0.15) is 32.2 Å². The first-order chi connectivity index (χ1) is 8.28. The molecule has 0 amide bonds. The summed E-state index contributed by atoms with van der Waals surface area (Å²) < 4.78 is 6.73. The Balaban J connectivity index is 2.98. The Morgan fingerprint density at radius 1 is 1.56 bits per heavy atom. The standard InChI is InChI=1S/C13H23N3O2/c1-9(2)14-13(5,12(17)18-6)8-16-11(4)7-10(3)15-16/h7,9,14H,8H2,1-6H3. The molecule has 1 atom stereocenters. The van der Waals surface area contributed by atoms with Crippen molar-refractivity contribution in [1.82, 2.24) is 15.1 Å². The lowest BCUT2D eigenvalue weighted by Gasteiger charge is -2.30. The van der Waals surface area contributed by atoms with Gasteiger partial charge in [-0.05, 0) is 40.7 Å². The Hall–Kier alpha value is -1.36. The fraction of sp³-hybridized carbons (Fsp3) is 0.692. The van der Waals surface area contributed by atoms with Gasteiger partial charge in [0.05, 0.1) is 19.3 Å². The van der Waals surface area contributed by atoms with Gasteiger partial charge in [-0.1, -0.05) is 0 Å². The third-order valence-corrected chi connectivity index (χ3v) is 2.81. The van der Waals surface area contributed by atoms with E-state index in [1.807, 2.05) is 45.4 Å². The second-order valence-corrected chi connectivity index (χ2v) is 5.21. The fourth-order valence-corrected chi connectivity index (χ4v) is 2.17. The van der Waals surface area contributed by atoms with Gasteiger partial charge in [0.15, 0.2) is 0 Å². The number of ether oxygens (including phenoxy) is 1. The molecule has 1 unspecified atom stereocenters. The number of nitrogens with zero attached hydrogens (tertiary/aromatic N) is 2. The first kappa shape index (κ1) is 14.7. The minimum absolute atomic E-state index is 0.186. The lowest BCUT2D eigenvalue weighted by molar-refractivity contribution is -0.149. The predicted molar refractivity (Wildman–Crippen MR) is 70.4 cm³/mol. The monoisotopic (exact) mass is 253 g/mol. The number of esters is 1. The summed E-state index contributed by atoms with van der Waals surface area (Å²) in [5.74, 6) is -0.274. The van der Waals surface area contributed by atoms with Gasteiger partial charge >= 0.3 is 5.97 Å². The molecular weight excluding hydrogens is 230 g/mol. The zero-order valence-electron chi connectivity index (χ0n) is 12.1. The fourth-order valence-electron chi connectivity index (χ4n) is 2.17. The molecule has 5 nitrogen and oxygen atoms in total. The Morgan fingerprint density at radius 3 is 2.56 bits per heavy atom. The molecule has 102 valence electrons. The van der Waals surface area contributed by atoms with Crippen molar-refractivity contribution in [1.29, 1.82) is 0 Å². The van der Waals surface area contributed by atoms with Gasteiger partial charge in [-0.2, -0.15) is 5.10 Å². The van der Waals surface area contributed by atoms with Crippen molar-refractivity contribution >= 4 is 5.97 Å². The topological polar surface area (TPSA) is 56.2 Å². The van der Waals surface area contributed by atoms with E-state index in [1.165, 1.54) is 7.11 Å². The van der Waals surface area contributed by atoms with E-state index in [-0.39, 0.29) is 12.0 Å². The molecule has 0 aromatic carbocycles. The Kier molecular flexibility index (Phi) is 4.51. The molecule has 1 N–H and O–H groups in total. The summed E-state index contributed by atoms with van der Waals surface area (Å²) in [5, 5.41) is 7.64. The normalized spacial score (nSPS) is 14.6. The van der Waals surface area contributed by atoms with Crippen LogP contribution in [0.4, 0.5) is 0 Å². The summed E-state index contributed by atoms with van der Waals surface area (Å²) in [7, 11) is 1.41. The van der Waals surface area contributed by atoms with E-state index < -0.39 is 5.54 Å². The molecule has 1 aromatic rings. The van der Waals surface area contributed by atoms with E-state index in [4.69, 9.17) is 4.74 Å². The summed E-state index contributed by atoms with van der Waals surface area (Å²) in [6.45, 7) is 10.2. The minimum atomic E-state index is -0.772. The zero-order chi connectivity index (χ0) is 13.9. The number of carbonyl (C=O) groups is 1. The van der Waals surface area contributed by atoms with Crippen molar-refractivity contribution in [3.8, 4) is 0 Å². The average molecular weight is 253 g/mol. The highest BCUT2D eigenvalue weighted by Crippen LogP contribution is 2.13. The molecular formula is C13H23N3O2. The number of hydrogen-bond donors (Lipinski definition) is 1. The van der Waals surface area contributed by atoms with E-state index in [0.29, 0.717) is 6.54 Å². The quantitative estimate of drug-likeness (QED) is 0.807. The number of carbonyl (C=O) groups excluding carboxylic acids is 1. The van der Waals surface area contributed by atoms with Crippen LogP contribution < -0.4 is 5.32 Å². The van der Waals surface area contributed by atoms with Gasteiger partial charge in [0.25, 0.3) is 0 Å². The third-order valence-electron chi connectivity index (χ3n) is 2.81. The predicted octanol–water partition coefficient (Wildman–Crippen LogP) is 1.43. The van der Waals surface area contributed by atoms with Crippen molar-refractivity contribution in [2.24, 2.45) is 0 Å². The second-order valence-electron chi connectivity index (χ2n) is 5.21. The van der Waals surface area contributed by atoms with Crippen molar-refractivity contribution in [3.05, 3.63) is 17.5 Å². The molecule has 0 bridgehead atoms. The van der Waals surface area contributed by atoms with Gasteiger partial charge < -0.3 is 4.74 Å². The van der Waals surface area contributed by atoms with Crippen LogP contribution in [0, 0.1) is 13.8 Å². The highest BCUT2D eigenvalue weighted by atomic mass is 16.5. The highest BCUT2D eigenvalue weighted by molar-refractivity contribution is 5.80.